The van der Waals surface area contributed by atoms with E-state index in [4.69, 9.17) is 9.47 Å². The van der Waals surface area contributed by atoms with Crippen molar-refractivity contribution in [3.05, 3.63) is 66.4 Å². The Morgan fingerprint density at radius 3 is 2.73 bits per heavy atom. The molecule has 0 unspecified atom stereocenters. The standard InChI is InChI=1S/C21H23NO3S/c1-24-19-8-9-20(21(13-19)26-2)22-11-10-18(23)12-17(22)15-25-14-16-6-4-3-5-7-16/h3-11,13,17H,12,14-15H2,1-2H3/t17-/m1/s1. The number of benzene rings is 2. The van der Waals surface area contributed by atoms with Crippen molar-refractivity contribution in [2.24, 2.45) is 0 Å². The summed E-state index contributed by atoms with van der Waals surface area (Å²) in [6.07, 6.45) is 6.00. The lowest BCUT2D eigenvalue weighted by atomic mass is 10.0. The number of hydrogen-bond donors (Lipinski definition) is 0. The minimum absolute atomic E-state index is 0.0180. The van der Waals surface area contributed by atoms with Crippen molar-refractivity contribution in [1.82, 2.24) is 0 Å². The summed E-state index contributed by atoms with van der Waals surface area (Å²) >= 11 is 1.66. The molecular weight excluding hydrogens is 346 g/mol. The monoisotopic (exact) mass is 369 g/mol. The van der Waals surface area contributed by atoms with Gasteiger partial charge < -0.3 is 14.4 Å². The second-order valence-electron chi connectivity index (χ2n) is 6.09. The zero-order chi connectivity index (χ0) is 18.4. The van der Waals surface area contributed by atoms with Crippen molar-refractivity contribution in [1.29, 1.82) is 0 Å². The van der Waals surface area contributed by atoms with Crippen LogP contribution in [0.5, 0.6) is 5.75 Å². The molecule has 0 aromatic heterocycles. The van der Waals surface area contributed by atoms with Gasteiger partial charge in [0, 0.05) is 17.5 Å². The fraction of sp³-hybridized carbons (Fsp3) is 0.286. The molecule has 0 bridgehead atoms. The van der Waals surface area contributed by atoms with Crippen molar-refractivity contribution in [2.45, 2.75) is 24.0 Å². The smallest absolute Gasteiger partial charge is 0.159 e. The number of methoxy groups -OCH3 is 1. The van der Waals surface area contributed by atoms with Gasteiger partial charge in [0.1, 0.15) is 5.75 Å². The third-order valence-corrected chi connectivity index (χ3v) is 5.10. The van der Waals surface area contributed by atoms with Gasteiger partial charge in [-0.25, -0.2) is 0 Å². The Hall–Kier alpha value is -2.24. The summed E-state index contributed by atoms with van der Waals surface area (Å²) in [6, 6.07) is 16.1. The predicted molar refractivity (Wildman–Crippen MR) is 106 cm³/mol. The van der Waals surface area contributed by atoms with E-state index in [1.165, 1.54) is 0 Å². The Balaban J connectivity index is 1.75. The Kier molecular flexibility index (Phi) is 6.36. The summed E-state index contributed by atoms with van der Waals surface area (Å²) in [5, 5.41) is 0. The lowest BCUT2D eigenvalue weighted by Crippen LogP contribution is -2.39. The highest BCUT2D eigenvalue weighted by Crippen LogP contribution is 2.35. The SMILES string of the molecule is COc1ccc(N2C=CC(=O)C[C@@H]2COCc2ccccc2)c(SC)c1. The van der Waals surface area contributed by atoms with E-state index in [9.17, 15) is 4.79 Å². The maximum atomic E-state index is 11.9. The van der Waals surface area contributed by atoms with Crippen molar-refractivity contribution < 1.29 is 14.3 Å². The van der Waals surface area contributed by atoms with Crippen molar-refractivity contribution in [3.63, 3.8) is 0 Å². The van der Waals surface area contributed by atoms with E-state index in [0.29, 0.717) is 19.6 Å². The first-order valence-electron chi connectivity index (χ1n) is 8.54. The highest BCUT2D eigenvalue weighted by atomic mass is 32.2. The minimum Gasteiger partial charge on any atom is -0.497 e. The third kappa shape index (κ3) is 4.48. The lowest BCUT2D eigenvalue weighted by Gasteiger charge is -2.34. The van der Waals surface area contributed by atoms with Crippen LogP contribution in [0.25, 0.3) is 0 Å². The fourth-order valence-electron chi connectivity index (χ4n) is 2.99. The van der Waals surface area contributed by atoms with E-state index in [-0.39, 0.29) is 11.8 Å². The van der Waals surface area contributed by atoms with Crippen LogP contribution < -0.4 is 9.64 Å². The molecular formula is C21H23NO3S. The summed E-state index contributed by atoms with van der Waals surface area (Å²) in [4.78, 5) is 15.2. The quantitative estimate of drug-likeness (QED) is 0.681. The van der Waals surface area contributed by atoms with Crippen LogP contribution in [-0.2, 0) is 16.1 Å². The number of anilines is 1. The van der Waals surface area contributed by atoms with Gasteiger partial charge in [-0.2, -0.15) is 0 Å². The third-order valence-electron chi connectivity index (χ3n) is 4.34. The number of nitrogens with zero attached hydrogens (tertiary/aromatic N) is 1. The number of carbonyl (C=O) groups is 1. The van der Waals surface area contributed by atoms with Gasteiger partial charge in [-0.05, 0) is 36.1 Å². The van der Waals surface area contributed by atoms with Crippen LogP contribution in [0.1, 0.15) is 12.0 Å². The molecule has 0 amide bonds. The van der Waals surface area contributed by atoms with Gasteiger partial charge in [-0.15, -0.1) is 11.8 Å². The Bertz CT molecular complexity index is 776. The molecule has 26 heavy (non-hydrogen) atoms. The molecule has 1 aliphatic rings. The van der Waals surface area contributed by atoms with E-state index in [2.05, 4.69) is 4.90 Å². The van der Waals surface area contributed by atoms with Crippen LogP contribution in [0.2, 0.25) is 0 Å². The normalized spacial score (nSPS) is 16.8. The molecule has 0 fully saturated rings. The summed E-state index contributed by atoms with van der Waals surface area (Å²) < 4.78 is 11.2. The summed E-state index contributed by atoms with van der Waals surface area (Å²) in [7, 11) is 1.67. The molecule has 1 aliphatic heterocycles. The van der Waals surface area contributed by atoms with Gasteiger partial charge in [0.15, 0.2) is 5.78 Å². The second-order valence-corrected chi connectivity index (χ2v) is 6.93. The zero-order valence-electron chi connectivity index (χ0n) is 15.1. The summed E-state index contributed by atoms with van der Waals surface area (Å²) in [5.74, 6) is 0.959. The van der Waals surface area contributed by atoms with Crippen LogP contribution in [-0.4, -0.2) is 31.8 Å². The van der Waals surface area contributed by atoms with E-state index in [1.54, 1.807) is 24.9 Å². The number of ether oxygens (including phenoxy) is 2. The van der Waals surface area contributed by atoms with Gasteiger partial charge in [0.25, 0.3) is 0 Å². The number of carbonyl (C=O) groups excluding carboxylic acids is 1. The molecule has 5 heteroatoms. The summed E-state index contributed by atoms with van der Waals surface area (Å²) in [5.41, 5.74) is 2.20. The van der Waals surface area contributed by atoms with Crippen molar-refractivity contribution >= 4 is 23.2 Å². The first kappa shape index (κ1) is 18.5. The van der Waals surface area contributed by atoms with Crippen LogP contribution in [0.4, 0.5) is 5.69 Å². The molecule has 4 nitrogen and oxygen atoms in total. The number of rotatable bonds is 7. The molecule has 3 rings (SSSR count). The van der Waals surface area contributed by atoms with Crippen LogP contribution >= 0.6 is 11.8 Å². The van der Waals surface area contributed by atoms with Crippen LogP contribution in [0.15, 0.2) is 65.7 Å². The van der Waals surface area contributed by atoms with Crippen molar-refractivity contribution in [3.8, 4) is 5.75 Å². The topological polar surface area (TPSA) is 38.8 Å². The first-order valence-corrected chi connectivity index (χ1v) is 9.77. The van der Waals surface area contributed by atoms with Crippen molar-refractivity contribution in [2.75, 3.05) is 24.9 Å². The maximum Gasteiger partial charge on any atom is 0.159 e. The van der Waals surface area contributed by atoms with Gasteiger partial charge in [0.05, 0.1) is 32.1 Å². The Morgan fingerprint density at radius 2 is 2.00 bits per heavy atom. The molecule has 0 spiro atoms. The van der Waals surface area contributed by atoms with Crippen LogP contribution in [0.3, 0.4) is 0 Å². The van der Waals surface area contributed by atoms with E-state index in [0.717, 1.165) is 21.9 Å². The summed E-state index contributed by atoms with van der Waals surface area (Å²) in [6.45, 7) is 1.03. The highest BCUT2D eigenvalue weighted by molar-refractivity contribution is 7.98. The predicted octanol–water partition coefficient (Wildman–Crippen LogP) is 4.30. The number of thioether (sulfide) groups is 1. The van der Waals surface area contributed by atoms with E-state index >= 15 is 0 Å². The number of hydrogen-bond acceptors (Lipinski definition) is 5. The molecule has 1 atom stereocenters. The molecule has 0 radical (unpaired) electrons. The largest absolute Gasteiger partial charge is 0.497 e. The van der Waals surface area contributed by atoms with Gasteiger partial charge in [-0.3, -0.25) is 4.79 Å². The van der Waals surface area contributed by atoms with Gasteiger partial charge in [0.2, 0.25) is 0 Å². The Morgan fingerprint density at radius 1 is 1.19 bits per heavy atom. The lowest BCUT2D eigenvalue weighted by molar-refractivity contribution is -0.115. The number of ketones is 1. The van der Waals surface area contributed by atoms with Gasteiger partial charge in [-0.1, -0.05) is 30.3 Å². The van der Waals surface area contributed by atoms with Crippen LogP contribution in [0, 0.1) is 0 Å². The maximum absolute atomic E-state index is 11.9. The first-order chi connectivity index (χ1) is 12.7. The highest BCUT2D eigenvalue weighted by Gasteiger charge is 2.25. The average Bonchev–Trinajstić information content (AvgIpc) is 2.68. The molecule has 136 valence electrons. The van der Waals surface area contributed by atoms with Gasteiger partial charge >= 0.3 is 0 Å². The van der Waals surface area contributed by atoms with E-state index < -0.39 is 0 Å². The molecule has 2 aromatic rings. The molecule has 0 aliphatic carbocycles. The fourth-order valence-corrected chi connectivity index (χ4v) is 3.60. The molecule has 0 saturated carbocycles. The van der Waals surface area contributed by atoms with E-state index in [1.807, 2.05) is 61.0 Å². The molecule has 0 saturated heterocycles. The molecule has 1 heterocycles. The zero-order valence-corrected chi connectivity index (χ0v) is 15.9. The molecule has 0 N–H and O–H groups in total. The molecule has 2 aromatic carbocycles. The second kappa shape index (κ2) is 8.92. The Labute approximate surface area is 158 Å². The average molecular weight is 369 g/mol. The minimum atomic E-state index is -0.0180. The number of allylic oxidation sites excluding steroid dienone is 1.